The molecule has 3 heterocycles. The van der Waals surface area contributed by atoms with Crippen LogP contribution in [0.15, 0.2) is 24.4 Å². The van der Waals surface area contributed by atoms with E-state index in [0.29, 0.717) is 11.3 Å². The molecule has 0 amide bonds. The highest BCUT2D eigenvalue weighted by molar-refractivity contribution is 6.00. The Labute approximate surface area is 140 Å². The molecule has 1 atom stereocenters. The van der Waals surface area contributed by atoms with E-state index in [0.717, 1.165) is 37.4 Å². The number of aryl methyl sites for hydroxylation is 1. The Kier molecular flexibility index (Phi) is 4.85. The van der Waals surface area contributed by atoms with Crippen LogP contribution in [0.25, 0.3) is 0 Å². The minimum absolute atomic E-state index is 0.193. The van der Waals surface area contributed by atoms with Crippen molar-refractivity contribution in [2.24, 2.45) is 0 Å². The summed E-state index contributed by atoms with van der Waals surface area (Å²) in [4.78, 5) is 27.0. The molecular weight excluding hydrogens is 308 g/mol. The summed E-state index contributed by atoms with van der Waals surface area (Å²) in [5.41, 5.74) is 2.85. The van der Waals surface area contributed by atoms with Gasteiger partial charge < -0.3 is 19.0 Å². The maximum Gasteiger partial charge on any atom is 0.355 e. The Bertz CT molecular complexity index is 725. The first-order valence-corrected chi connectivity index (χ1v) is 8.18. The zero-order valence-corrected chi connectivity index (χ0v) is 14.0. The zero-order valence-electron chi connectivity index (χ0n) is 14.0. The van der Waals surface area contributed by atoms with Gasteiger partial charge in [-0.25, -0.2) is 4.79 Å². The van der Waals surface area contributed by atoms with E-state index in [1.54, 1.807) is 18.3 Å². The highest BCUT2D eigenvalue weighted by Gasteiger charge is 2.21. The lowest BCUT2D eigenvalue weighted by molar-refractivity contribution is 0.0469. The zero-order chi connectivity index (χ0) is 17.1. The van der Waals surface area contributed by atoms with E-state index in [9.17, 15) is 9.59 Å². The lowest BCUT2D eigenvalue weighted by Gasteiger charge is -2.14. The molecular formula is C18H22N2O4. The van der Waals surface area contributed by atoms with Gasteiger partial charge in [-0.15, -0.1) is 0 Å². The summed E-state index contributed by atoms with van der Waals surface area (Å²) >= 11 is 0. The summed E-state index contributed by atoms with van der Waals surface area (Å²) in [6, 6.07) is 5.17. The van der Waals surface area contributed by atoms with E-state index in [1.807, 2.05) is 19.9 Å². The van der Waals surface area contributed by atoms with E-state index in [-0.39, 0.29) is 18.5 Å². The van der Waals surface area contributed by atoms with E-state index >= 15 is 0 Å². The van der Waals surface area contributed by atoms with E-state index < -0.39 is 5.97 Å². The molecule has 1 fully saturated rings. The standard InChI is InChI=1S/C18H22N2O4/c1-12-9-15(13(2)20(12)10-14-5-4-8-23-14)17(21)11-24-18(22)16-6-3-7-19-16/h3,6-7,9,14,19H,4-5,8,10-11H2,1-2H3/t14-/m0/s1. The number of carbonyl (C=O) groups excluding carboxylic acids is 2. The highest BCUT2D eigenvalue weighted by atomic mass is 16.5. The SMILES string of the molecule is Cc1cc(C(=O)COC(=O)c2ccc[nH]2)c(C)n1C[C@@H]1CCCO1. The third kappa shape index (κ3) is 3.43. The van der Waals surface area contributed by atoms with Crippen LogP contribution < -0.4 is 0 Å². The molecule has 24 heavy (non-hydrogen) atoms. The molecule has 1 aliphatic heterocycles. The van der Waals surface area contributed by atoms with Crippen molar-refractivity contribution in [3.63, 3.8) is 0 Å². The van der Waals surface area contributed by atoms with Crippen molar-refractivity contribution in [3.8, 4) is 0 Å². The second kappa shape index (κ2) is 7.05. The normalized spacial score (nSPS) is 17.2. The van der Waals surface area contributed by atoms with Crippen LogP contribution in [0.5, 0.6) is 0 Å². The molecule has 0 bridgehead atoms. The number of hydrogen-bond acceptors (Lipinski definition) is 4. The molecule has 0 unspecified atom stereocenters. The van der Waals surface area contributed by atoms with Crippen molar-refractivity contribution in [2.75, 3.05) is 13.2 Å². The van der Waals surface area contributed by atoms with E-state index in [2.05, 4.69) is 9.55 Å². The number of hydrogen-bond donors (Lipinski definition) is 1. The molecule has 0 radical (unpaired) electrons. The number of nitrogens with zero attached hydrogens (tertiary/aromatic N) is 1. The Morgan fingerprint density at radius 2 is 2.25 bits per heavy atom. The topological polar surface area (TPSA) is 73.3 Å². The van der Waals surface area contributed by atoms with E-state index in [4.69, 9.17) is 9.47 Å². The molecule has 6 nitrogen and oxygen atoms in total. The lowest BCUT2D eigenvalue weighted by Crippen LogP contribution is -2.18. The third-order valence-electron chi connectivity index (χ3n) is 4.44. The van der Waals surface area contributed by atoms with Gasteiger partial charge in [0.15, 0.2) is 6.61 Å². The Morgan fingerprint density at radius 1 is 1.42 bits per heavy atom. The fraction of sp³-hybridized carbons (Fsp3) is 0.444. The van der Waals surface area contributed by atoms with Crippen LogP contribution in [0, 0.1) is 13.8 Å². The predicted molar refractivity (Wildman–Crippen MR) is 88.3 cm³/mol. The maximum absolute atomic E-state index is 12.4. The second-order valence-electron chi connectivity index (χ2n) is 6.11. The van der Waals surface area contributed by atoms with Crippen LogP contribution in [0.3, 0.4) is 0 Å². The summed E-state index contributed by atoms with van der Waals surface area (Å²) in [6.45, 7) is 5.20. The van der Waals surface area contributed by atoms with Gasteiger partial charge in [0.05, 0.1) is 6.10 Å². The van der Waals surface area contributed by atoms with Crippen molar-refractivity contribution in [1.82, 2.24) is 9.55 Å². The summed E-state index contributed by atoms with van der Waals surface area (Å²) in [6.07, 6.45) is 3.99. The molecule has 1 saturated heterocycles. The second-order valence-corrected chi connectivity index (χ2v) is 6.11. The van der Waals surface area contributed by atoms with Gasteiger partial charge in [-0.3, -0.25) is 4.79 Å². The number of ketones is 1. The van der Waals surface area contributed by atoms with Gasteiger partial charge in [0.25, 0.3) is 0 Å². The van der Waals surface area contributed by atoms with Crippen LogP contribution in [-0.4, -0.2) is 40.6 Å². The lowest BCUT2D eigenvalue weighted by atomic mass is 10.1. The van der Waals surface area contributed by atoms with Gasteiger partial charge in [0.2, 0.25) is 5.78 Å². The minimum Gasteiger partial charge on any atom is -0.453 e. The van der Waals surface area contributed by atoms with Crippen molar-refractivity contribution < 1.29 is 19.1 Å². The number of ether oxygens (including phenoxy) is 2. The number of aromatic nitrogens is 2. The van der Waals surface area contributed by atoms with Gasteiger partial charge in [-0.2, -0.15) is 0 Å². The van der Waals surface area contributed by atoms with Crippen LogP contribution in [0.1, 0.15) is 45.1 Å². The van der Waals surface area contributed by atoms with Gasteiger partial charge in [-0.1, -0.05) is 0 Å². The monoisotopic (exact) mass is 330 g/mol. The summed E-state index contributed by atoms with van der Waals surface area (Å²) in [5.74, 6) is -0.719. The average molecular weight is 330 g/mol. The first kappa shape index (κ1) is 16.5. The highest BCUT2D eigenvalue weighted by Crippen LogP contribution is 2.20. The first-order valence-electron chi connectivity index (χ1n) is 8.18. The molecule has 0 aromatic carbocycles. The van der Waals surface area contributed by atoms with Gasteiger partial charge in [0.1, 0.15) is 5.69 Å². The van der Waals surface area contributed by atoms with Crippen LogP contribution in [-0.2, 0) is 16.0 Å². The number of aromatic amines is 1. The van der Waals surface area contributed by atoms with Crippen LogP contribution >= 0.6 is 0 Å². The Balaban J connectivity index is 1.65. The molecule has 0 spiro atoms. The summed E-state index contributed by atoms with van der Waals surface area (Å²) in [7, 11) is 0. The molecule has 6 heteroatoms. The summed E-state index contributed by atoms with van der Waals surface area (Å²) < 4.78 is 12.9. The molecule has 3 rings (SSSR count). The van der Waals surface area contributed by atoms with Gasteiger partial charge in [0, 0.05) is 36.3 Å². The van der Waals surface area contributed by atoms with Crippen molar-refractivity contribution in [3.05, 3.63) is 47.0 Å². The van der Waals surface area contributed by atoms with E-state index in [1.165, 1.54) is 0 Å². The number of rotatable bonds is 6. The third-order valence-corrected chi connectivity index (χ3v) is 4.44. The van der Waals surface area contributed by atoms with Gasteiger partial charge >= 0.3 is 5.97 Å². The van der Waals surface area contributed by atoms with Crippen molar-refractivity contribution in [2.45, 2.75) is 39.3 Å². The molecule has 0 aliphatic carbocycles. The Hall–Kier alpha value is -2.34. The molecule has 1 N–H and O–H groups in total. The quantitative estimate of drug-likeness (QED) is 0.653. The van der Waals surface area contributed by atoms with Gasteiger partial charge in [-0.05, 0) is 44.9 Å². The largest absolute Gasteiger partial charge is 0.453 e. The number of nitrogens with one attached hydrogen (secondary N) is 1. The fourth-order valence-electron chi connectivity index (χ4n) is 3.10. The molecule has 1 aliphatic rings. The van der Waals surface area contributed by atoms with Crippen molar-refractivity contribution >= 4 is 11.8 Å². The first-order chi connectivity index (χ1) is 11.6. The van der Waals surface area contributed by atoms with Crippen LogP contribution in [0.4, 0.5) is 0 Å². The van der Waals surface area contributed by atoms with Crippen LogP contribution in [0.2, 0.25) is 0 Å². The fourth-order valence-corrected chi connectivity index (χ4v) is 3.10. The summed E-state index contributed by atoms with van der Waals surface area (Å²) in [5, 5.41) is 0. The molecule has 2 aromatic heterocycles. The predicted octanol–water partition coefficient (Wildman–Crippen LogP) is 2.65. The number of esters is 1. The Morgan fingerprint density at radius 3 is 2.92 bits per heavy atom. The molecule has 2 aromatic rings. The number of carbonyl (C=O) groups is 2. The maximum atomic E-state index is 12.4. The van der Waals surface area contributed by atoms with Crippen molar-refractivity contribution in [1.29, 1.82) is 0 Å². The minimum atomic E-state index is -0.526. The molecule has 128 valence electrons. The number of H-pyrrole nitrogens is 1. The molecule has 0 saturated carbocycles. The smallest absolute Gasteiger partial charge is 0.355 e. The number of Topliss-reactive ketones (excluding diaryl/α,β-unsaturated/α-hetero) is 1. The average Bonchev–Trinajstić information content (AvgIpc) is 3.30.